The summed E-state index contributed by atoms with van der Waals surface area (Å²) in [5, 5.41) is 0. The number of amides is 4. The molecule has 2 aliphatic heterocycles. The Hall–Kier alpha value is -3.16. The van der Waals surface area contributed by atoms with Crippen molar-refractivity contribution in [1.29, 1.82) is 0 Å². The standard InChI is InChI=1S/C23H29N5O3/c1-16(2)13-27-21(30)23(28(22(27)31)14-18-7-5-4-6-8-18)9-11-26(12-10-23)20(29)19-17(3)24-15-25-19/h4-8,15-16H,9-14H2,1-3H3,(H,24,25). The van der Waals surface area contributed by atoms with Gasteiger partial charge in [0.25, 0.3) is 11.8 Å². The Morgan fingerprint density at radius 2 is 1.84 bits per heavy atom. The van der Waals surface area contributed by atoms with E-state index >= 15 is 0 Å². The molecule has 1 aromatic carbocycles. The fraction of sp³-hybridized carbons (Fsp3) is 0.478. The number of imide groups is 1. The number of piperidine rings is 1. The van der Waals surface area contributed by atoms with Gasteiger partial charge in [-0.1, -0.05) is 44.2 Å². The van der Waals surface area contributed by atoms with Crippen molar-refractivity contribution in [2.24, 2.45) is 5.92 Å². The van der Waals surface area contributed by atoms with Gasteiger partial charge in [-0.25, -0.2) is 9.78 Å². The highest BCUT2D eigenvalue weighted by atomic mass is 16.2. The van der Waals surface area contributed by atoms with Crippen LogP contribution in [0.25, 0.3) is 0 Å². The lowest BCUT2D eigenvalue weighted by molar-refractivity contribution is -0.135. The molecule has 1 spiro atoms. The number of aromatic amines is 1. The minimum absolute atomic E-state index is 0.134. The molecule has 4 rings (SSSR count). The van der Waals surface area contributed by atoms with E-state index in [0.717, 1.165) is 11.3 Å². The fourth-order valence-corrected chi connectivity index (χ4v) is 4.58. The van der Waals surface area contributed by atoms with Crippen LogP contribution in [0.1, 0.15) is 48.4 Å². The van der Waals surface area contributed by atoms with Crippen LogP contribution in [0.15, 0.2) is 36.7 Å². The number of likely N-dealkylation sites (tertiary alicyclic amines) is 1. The normalized spacial score (nSPS) is 18.5. The molecular formula is C23H29N5O3. The first kappa shape index (κ1) is 21.1. The predicted octanol–water partition coefficient (Wildman–Crippen LogP) is 2.81. The number of carbonyl (C=O) groups is 3. The molecule has 0 radical (unpaired) electrons. The molecule has 1 N–H and O–H groups in total. The molecular weight excluding hydrogens is 394 g/mol. The monoisotopic (exact) mass is 423 g/mol. The average Bonchev–Trinajstić information content (AvgIpc) is 3.27. The molecule has 8 heteroatoms. The topological polar surface area (TPSA) is 89.6 Å². The maximum Gasteiger partial charge on any atom is 0.327 e. The van der Waals surface area contributed by atoms with Crippen LogP contribution in [-0.2, 0) is 11.3 Å². The van der Waals surface area contributed by atoms with E-state index in [0.29, 0.717) is 44.7 Å². The Morgan fingerprint density at radius 3 is 2.42 bits per heavy atom. The number of aryl methyl sites for hydroxylation is 1. The van der Waals surface area contributed by atoms with Crippen LogP contribution in [0.4, 0.5) is 4.79 Å². The van der Waals surface area contributed by atoms with Gasteiger partial charge in [0.15, 0.2) is 0 Å². The van der Waals surface area contributed by atoms with Crippen molar-refractivity contribution in [2.45, 2.75) is 45.7 Å². The van der Waals surface area contributed by atoms with Gasteiger partial charge in [0.05, 0.1) is 6.33 Å². The molecule has 2 saturated heterocycles. The van der Waals surface area contributed by atoms with Crippen molar-refractivity contribution in [2.75, 3.05) is 19.6 Å². The third-order valence-corrected chi connectivity index (χ3v) is 6.26. The van der Waals surface area contributed by atoms with E-state index in [2.05, 4.69) is 9.97 Å². The Bertz CT molecular complexity index is 976. The molecule has 3 heterocycles. The van der Waals surface area contributed by atoms with Crippen molar-refractivity contribution in [3.63, 3.8) is 0 Å². The number of benzene rings is 1. The molecule has 31 heavy (non-hydrogen) atoms. The van der Waals surface area contributed by atoms with Crippen LogP contribution in [0, 0.1) is 12.8 Å². The van der Waals surface area contributed by atoms with E-state index in [9.17, 15) is 14.4 Å². The van der Waals surface area contributed by atoms with Crippen molar-refractivity contribution in [1.82, 2.24) is 24.7 Å². The second-order valence-electron chi connectivity index (χ2n) is 8.86. The first-order valence-corrected chi connectivity index (χ1v) is 10.8. The van der Waals surface area contributed by atoms with Gasteiger partial charge < -0.3 is 14.8 Å². The van der Waals surface area contributed by atoms with Crippen LogP contribution >= 0.6 is 0 Å². The summed E-state index contributed by atoms with van der Waals surface area (Å²) < 4.78 is 0. The second-order valence-corrected chi connectivity index (χ2v) is 8.86. The van der Waals surface area contributed by atoms with Crippen molar-refractivity contribution in [3.8, 4) is 0 Å². The molecule has 0 aliphatic carbocycles. The number of urea groups is 1. The number of imidazole rings is 1. The number of hydrogen-bond donors (Lipinski definition) is 1. The fourth-order valence-electron chi connectivity index (χ4n) is 4.58. The van der Waals surface area contributed by atoms with Gasteiger partial charge >= 0.3 is 6.03 Å². The van der Waals surface area contributed by atoms with Gasteiger partial charge in [0.1, 0.15) is 11.2 Å². The largest absolute Gasteiger partial charge is 0.348 e. The van der Waals surface area contributed by atoms with E-state index in [1.165, 1.54) is 11.2 Å². The Labute approximate surface area is 182 Å². The van der Waals surface area contributed by atoms with Crippen molar-refractivity contribution < 1.29 is 14.4 Å². The molecule has 2 aromatic rings. The number of H-pyrrole nitrogens is 1. The van der Waals surface area contributed by atoms with Crippen LogP contribution in [0.2, 0.25) is 0 Å². The lowest BCUT2D eigenvalue weighted by Gasteiger charge is -2.42. The van der Waals surface area contributed by atoms with Crippen LogP contribution in [0.3, 0.4) is 0 Å². The van der Waals surface area contributed by atoms with Crippen LogP contribution < -0.4 is 0 Å². The van der Waals surface area contributed by atoms with E-state index in [-0.39, 0.29) is 23.8 Å². The summed E-state index contributed by atoms with van der Waals surface area (Å²) in [5.74, 6) is -0.0878. The predicted molar refractivity (Wildman–Crippen MR) is 115 cm³/mol. The lowest BCUT2D eigenvalue weighted by Crippen LogP contribution is -2.57. The smallest absolute Gasteiger partial charge is 0.327 e. The molecule has 8 nitrogen and oxygen atoms in total. The quantitative estimate of drug-likeness (QED) is 0.749. The lowest BCUT2D eigenvalue weighted by atomic mass is 9.85. The van der Waals surface area contributed by atoms with Gasteiger partial charge in [0, 0.05) is 31.9 Å². The zero-order chi connectivity index (χ0) is 22.2. The highest BCUT2D eigenvalue weighted by molar-refractivity contribution is 6.07. The summed E-state index contributed by atoms with van der Waals surface area (Å²) in [6.45, 7) is 7.42. The highest BCUT2D eigenvalue weighted by Crippen LogP contribution is 2.39. The molecule has 2 aliphatic rings. The third-order valence-electron chi connectivity index (χ3n) is 6.26. The van der Waals surface area contributed by atoms with E-state index in [1.54, 1.807) is 9.80 Å². The number of hydrogen-bond acceptors (Lipinski definition) is 4. The molecule has 164 valence electrons. The van der Waals surface area contributed by atoms with E-state index in [4.69, 9.17) is 0 Å². The number of nitrogens with zero attached hydrogens (tertiary/aromatic N) is 4. The first-order chi connectivity index (χ1) is 14.8. The molecule has 2 fully saturated rings. The van der Waals surface area contributed by atoms with E-state index < -0.39 is 5.54 Å². The highest BCUT2D eigenvalue weighted by Gasteiger charge is 2.58. The number of aromatic nitrogens is 2. The van der Waals surface area contributed by atoms with Gasteiger partial charge in [-0.2, -0.15) is 0 Å². The summed E-state index contributed by atoms with van der Waals surface area (Å²) in [6, 6.07) is 9.51. The van der Waals surface area contributed by atoms with Crippen molar-refractivity contribution >= 4 is 17.8 Å². The molecule has 0 atom stereocenters. The number of carbonyl (C=O) groups excluding carboxylic acids is 3. The minimum atomic E-state index is -0.904. The van der Waals surface area contributed by atoms with Gasteiger partial charge in [-0.05, 0) is 31.2 Å². The zero-order valence-corrected chi connectivity index (χ0v) is 18.3. The van der Waals surface area contributed by atoms with Crippen LogP contribution in [-0.4, -0.2) is 67.7 Å². The van der Waals surface area contributed by atoms with Gasteiger partial charge in [-0.3, -0.25) is 14.5 Å². The van der Waals surface area contributed by atoms with Gasteiger partial charge in [-0.15, -0.1) is 0 Å². The number of nitrogens with one attached hydrogen (secondary N) is 1. The maximum atomic E-state index is 13.5. The zero-order valence-electron chi connectivity index (χ0n) is 18.3. The first-order valence-electron chi connectivity index (χ1n) is 10.8. The summed E-state index contributed by atoms with van der Waals surface area (Å²) in [4.78, 5) is 51.7. The third kappa shape index (κ3) is 3.71. The Morgan fingerprint density at radius 1 is 1.16 bits per heavy atom. The maximum absolute atomic E-state index is 13.5. The summed E-state index contributed by atoms with van der Waals surface area (Å²) in [6.07, 6.45) is 2.36. The van der Waals surface area contributed by atoms with E-state index in [1.807, 2.05) is 51.1 Å². The van der Waals surface area contributed by atoms with Crippen LogP contribution in [0.5, 0.6) is 0 Å². The Kier molecular flexibility index (Phi) is 5.56. The SMILES string of the molecule is Cc1[nH]cnc1C(=O)N1CCC2(CC1)C(=O)N(CC(C)C)C(=O)N2Cc1ccccc1. The Balaban J connectivity index is 1.59. The minimum Gasteiger partial charge on any atom is -0.348 e. The van der Waals surface area contributed by atoms with Crippen molar-refractivity contribution in [3.05, 3.63) is 53.6 Å². The summed E-state index contributed by atoms with van der Waals surface area (Å²) in [5.41, 5.74) is 1.22. The molecule has 0 unspecified atom stereocenters. The number of rotatable bonds is 5. The summed E-state index contributed by atoms with van der Waals surface area (Å²) >= 11 is 0. The molecule has 0 bridgehead atoms. The molecule has 0 saturated carbocycles. The molecule has 1 aromatic heterocycles. The second kappa shape index (κ2) is 8.17. The summed E-state index contributed by atoms with van der Waals surface area (Å²) in [7, 11) is 0. The average molecular weight is 424 g/mol. The van der Waals surface area contributed by atoms with Gasteiger partial charge in [0.2, 0.25) is 0 Å². The molecule has 4 amide bonds.